The molecule has 442 valence electrons. The zero-order valence-electron chi connectivity index (χ0n) is 44.2. The molecule has 0 aromatic rings. The first-order chi connectivity index (χ1) is 37.3. The third kappa shape index (κ3) is 25.8. The van der Waals surface area contributed by atoms with Gasteiger partial charge in [0.15, 0.2) is 30.2 Å². The first-order valence-electron chi connectivity index (χ1n) is 25.0. The Hall–Kier alpha value is -6.40. The van der Waals surface area contributed by atoms with Crippen molar-refractivity contribution in [3.8, 4) is 12.3 Å². The lowest BCUT2D eigenvalue weighted by molar-refractivity contribution is -0.176. The van der Waals surface area contributed by atoms with E-state index in [-0.39, 0.29) is 110 Å². The molecular formula is C48H78N8O22. The fraction of sp³-hybridized carbons (Fsp3) is 0.708. The molecule has 0 bridgehead atoms. The molecule has 2 aliphatic heterocycles. The molecule has 0 fully saturated rings. The second kappa shape index (κ2) is 38.2. The molecule has 2 aliphatic rings. The lowest BCUT2D eigenvalue weighted by atomic mass is 9.87. The van der Waals surface area contributed by atoms with E-state index in [4.69, 9.17) is 81.5 Å². The molecule has 30 nitrogen and oxygen atoms in total. The molecule has 0 unspecified atom stereocenters. The number of carboxylic acid groups (broad SMARTS) is 1. The van der Waals surface area contributed by atoms with E-state index in [1.54, 1.807) is 6.92 Å². The van der Waals surface area contributed by atoms with E-state index in [1.807, 2.05) is 0 Å². The summed E-state index contributed by atoms with van der Waals surface area (Å²) in [6.07, 6.45) is -2.23. The minimum absolute atomic E-state index is 0.00285. The monoisotopic (exact) mass is 1120 g/mol. The van der Waals surface area contributed by atoms with Gasteiger partial charge < -0.3 is 111 Å². The number of aliphatic carboxylic acids is 1. The van der Waals surface area contributed by atoms with Crippen molar-refractivity contribution in [1.82, 2.24) is 10.2 Å². The number of esters is 3. The molecule has 0 aliphatic carbocycles. The van der Waals surface area contributed by atoms with Crippen LogP contribution < -0.4 is 28.3 Å². The number of nitrogens with one attached hydrogen (secondary N) is 1. The predicted molar refractivity (Wildman–Crippen MR) is 271 cm³/mol. The Labute approximate surface area is 451 Å². The van der Waals surface area contributed by atoms with Crippen molar-refractivity contribution in [1.29, 1.82) is 0 Å². The normalized spacial score (nSPS) is 20.3. The number of terminal acetylenes is 1. The molecule has 78 heavy (non-hydrogen) atoms. The summed E-state index contributed by atoms with van der Waals surface area (Å²) in [6, 6.07) is -3.29. The number of aliphatic hydroxyl groups excluding tert-OH is 4. The second-order valence-electron chi connectivity index (χ2n) is 17.3. The number of aliphatic hydroxyl groups is 4. The number of nitrogens with zero attached hydrogens (tertiary/aromatic N) is 3. The molecule has 0 spiro atoms. The Balaban J connectivity index is 2.00. The number of rotatable bonds is 40. The van der Waals surface area contributed by atoms with Gasteiger partial charge in [-0.3, -0.25) is 19.2 Å². The highest BCUT2D eigenvalue weighted by atomic mass is 16.6. The van der Waals surface area contributed by atoms with Gasteiger partial charge in [-0.25, -0.2) is 19.6 Å². The van der Waals surface area contributed by atoms with Gasteiger partial charge in [0.05, 0.1) is 104 Å². The fourth-order valence-electron chi connectivity index (χ4n) is 7.52. The number of guanidine groups is 2. The number of carbonyl (C=O) groups is 6. The van der Waals surface area contributed by atoms with Crippen molar-refractivity contribution < 1.29 is 106 Å². The lowest BCUT2D eigenvalue weighted by Gasteiger charge is -2.40. The number of nitrogens with two attached hydrogens (primary N) is 4. The van der Waals surface area contributed by atoms with Crippen molar-refractivity contribution in [3.05, 3.63) is 23.7 Å². The van der Waals surface area contributed by atoms with Crippen molar-refractivity contribution in [2.75, 3.05) is 113 Å². The van der Waals surface area contributed by atoms with Crippen molar-refractivity contribution in [2.45, 2.75) is 101 Å². The summed E-state index contributed by atoms with van der Waals surface area (Å²) in [5.41, 5.74) is 22.2. The van der Waals surface area contributed by atoms with E-state index in [9.17, 15) is 54.3 Å². The number of carbonyl (C=O) groups excluding carboxylic acids is 5. The van der Waals surface area contributed by atoms with E-state index < -0.39 is 121 Å². The topological polar surface area (TPSA) is 449 Å². The van der Waals surface area contributed by atoms with Crippen LogP contribution in [0.2, 0.25) is 0 Å². The van der Waals surface area contributed by atoms with Gasteiger partial charge in [-0.2, -0.15) is 0 Å². The van der Waals surface area contributed by atoms with Crippen molar-refractivity contribution in [2.24, 2.45) is 38.8 Å². The Morgan fingerprint density at radius 1 is 0.692 bits per heavy atom. The molecule has 0 aromatic carbocycles. The van der Waals surface area contributed by atoms with Gasteiger partial charge in [-0.15, -0.1) is 6.42 Å². The van der Waals surface area contributed by atoms with Crippen LogP contribution in [0.4, 0.5) is 0 Å². The van der Waals surface area contributed by atoms with Crippen LogP contribution in [0.1, 0.15) is 46.0 Å². The highest BCUT2D eigenvalue weighted by Gasteiger charge is 2.47. The van der Waals surface area contributed by atoms with Crippen LogP contribution >= 0.6 is 0 Å². The SMILES string of the molecule is C#CCOCCOCCOCCOCCC(=O)N(CCOCCCC(=O)O[C@@H]([C@@H]1OC(C(=O)O)=C[C@H](N=C(N)N)[C@H]1C)[C@H](O)CO)CCOCCCC(=O)O[C@@H]([C@@H]1OC(C(=O)OC)=C[C@H](N=C(N)N)[C@H]1NC(C)=O)[C@H](O)CO. The first-order valence-corrected chi connectivity index (χ1v) is 25.0. The van der Waals surface area contributed by atoms with Gasteiger partial charge in [0, 0.05) is 52.0 Å². The summed E-state index contributed by atoms with van der Waals surface area (Å²) in [4.78, 5) is 85.6. The minimum atomic E-state index is -1.77. The van der Waals surface area contributed by atoms with E-state index in [0.29, 0.717) is 26.4 Å². The molecule has 2 heterocycles. The lowest BCUT2D eigenvalue weighted by Crippen LogP contribution is -2.60. The molecular weight excluding hydrogens is 1040 g/mol. The van der Waals surface area contributed by atoms with Gasteiger partial charge in [0.25, 0.3) is 0 Å². The Morgan fingerprint density at radius 2 is 1.15 bits per heavy atom. The quantitative estimate of drug-likeness (QED) is 0.00688. The van der Waals surface area contributed by atoms with Crippen LogP contribution in [-0.2, 0) is 80.9 Å². The Morgan fingerprint density at radius 3 is 1.63 bits per heavy atom. The molecule has 10 atom stereocenters. The molecule has 14 N–H and O–H groups in total. The third-order valence-corrected chi connectivity index (χ3v) is 11.3. The average Bonchev–Trinajstić information content (AvgIpc) is 3.44. The maximum Gasteiger partial charge on any atom is 0.373 e. The van der Waals surface area contributed by atoms with Crippen molar-refractivity contribution >= 4 is 47.6 Å². The van der Waals surface area contributed by atoms with Gasteiger partial charge >= 0.3 is 23.9 Å². The highest BCUT2D eigenvalue weighted by molar-refractivity contribution is 5.87. The molecule has 0 saturated heterocycles. The smallest absolute Gasteiger partial charge is 0.373 e. The van der Waals surface area contributed by atoms with Gasteiger partial charge in [0.2, 0.25) is 23.3 Å². The van der Waals surface area contributed by atoms with E-state index in [0.717, 1.165) is 7.11 Å². The van der Waals surface area contributed by atoms with Gasteiger partial charge in [-0.1, -0.05) is 12.8 Å². The molecule has 2 rings (SSSR count). The van der Waals surface area contributed by atoms with Crippen LogP contribution in [0.5, 0.6) is 0 Å². The van der Waals surface area contributed by atoms with Crippen LogP contribution in [0.25, 0.3) is 0 Å². The number of methoxy groups -OCH3 is 1. The number of carboxylic acids is 1. The standard InChI is InChI=1S/C48H78N8O22/c1-5-13-69-19-21-73-23-24-74-22-20-72-16-10-37(62)56(11-17-70-14-6-8-38(63)77-42(33(60)27-57)41-29(2)31(54-47(49)50)25-35(75-41)45(65)66)12-18-71-15-7-9-39(64)78-43(34(61)28-58)44-40(53-30(3)59)32(55-48(51)52)26-36(76-44)46(67)68-4/h1,25-26,29,31-34,40-44,57-58,60-61H,6-24,27-28H2,2-4H3,(H,53,59)(H,65,66)(H4,49,50,54)(H4,51,52,55)/t29-,31+,32+,33-,34-,40-,41-,42-,43-,44-/m1/s1. The average molecular weight is 1120 g/mol. The Bertz CT molecular complexity index is 2030. The van der Waals surface area contributed by atoms with Gasteiger partial charge in [-0.05, 0) is 25.0 Å². The van der Waals surface area contributed by atoms with E-state index >= 15 is 0 Å². The summed E-state index contributed by atoms with van der Waals surface area (Å²) in [5, 5.41) is 53.2. The maximum atomic E-state index is 13.4. The summed E-state index contributed by atoms with van der Waals surface area (Å²) in [6.45, 7) is 3.28. The number of ether oxygens (including phenoxy) is 11. The fourth-order valence-corrected chi connectivity index (χ4v) is 7.52. The maximum absolute atomic E-state index is 13.4. The van der Waals surface area contributed by atoms with Crippen LogP contribution in [0.15, 0.2) is 33.7 Å². The predicted octanol–water partition coefficient (Wildman–Crippen LogP) is -4.72. The summed E-state index contributed by atoms with van der Waals surface area (Å²) < 4.78 is 60.2. The number of amides is 2. The zero-order chi connectivity index (χ0) is 58.0. The zero-order valence-corrected chi connectivity index (χ0v) is 44.2. The molecule has 0 radical (unpaired) electrons. The Kier molecular flexibility index (Phi) is 33.2. The van der Waals surface area contributed by atoms with Crippen LogP contribution in [0, 0.1) is 18.3 Å². The molecule has 0 saturated carbocycles. The molecule has 2 amide bonds. The van der Waals surface area contributed by atoms with E-state index in [2.05, 4.69) is 21.2 Å². The molecule has 0 aromatic heterocycles. The van der Waals surface area contributed by atoms with Crippen LogP contribution in [-0.4, -0.2) is 245 Å². The summed E-state index contributed by atoms with van der Waals surface area (Å²) >= 11 is 0. The third-order valence-electron chi connectivity index (χ3n) is 11.3. The first kappa shape index (κ1) is 67.7. The number of hydrogen-bond acceptors (Lipinski definition) is 23. The number of aliphatic imine (C=N–C) groups is 2. The summed E-state index contributed by atoms with van der Waals surface area (Å²) in [7, 11) is 1.07. The largest absolute Gasteiger partial charge is 0.479 e. The molecule has 30 heteroatoms. The summed E-state index contributed by atoms with van der Waals surface area (Å²) in [5.74, 6) is -5.12. The minimum Gasteiger partial charge on any atom is -0.479 e. The van der Waals surface area contributed by atoms with E-state index in [1.165, 1.54) is 24.0 Å². The highest BCUT2D eigenvalue weighted by Crippen LogP contribution is 2.31. The van der Waals surface area contributed by atoms with Crippen LogP contribution in [0.3, 0.4) is 0 Å². The second-order valence-corrected chi connectivity index (χ2v) is 17.3. The van der Waals surface area contributed by atoms with Gasteiger partial charge in [0.1, 0.15) is 24.9 Å². The number of hydrogen-bond donors (Lipinski definition) is 10. The van der Waals surface area contributed by atoms with Crippen molar-refractivity contribution in [3.63, 3.8) is 0 Å².